The molecule has 1 fully saturated rings. The lowest BCUT2D eigenvalue weighted by Crippen LogP contribution is -2.41. The fraction of sp³-hybridized carbons (Fsp3) is 0.261. The van der Waals surface area contributed by atoms with E-state index in [-0.39, 0.29) is 18.3 Å². The maximum absolute atomic E-state index is 6.21. The highest BCUT2D eigenvalue weighted by atomic mass is 16.7. The average molecular weight is 355 g/mol. The first-order valence-corrected chi connectivity index (χ1v) is 9.41. The van der Waals surface area contributed by atoms with E-state index in [1.807, 2.05) is 12.3 Å². The van der Waals surface area contributed by atoms with Crippen LogP contribution in [0.5, 0.6) is 0 Å². The van der Waals surface area contributed by atoms with Crippen molar-refractivity contribution in [3.63, 3.8) is 0 Å². The van der Waals surface area contributed by atoms with Crippen molar-refractivity contribution in [2.24, 2.45) is 0 Å². The van der Waals surface area contributed by atoms with Crippen LogP contribution in [0.3, 0.4) is 0 Å². The Labute approximate surface area is 159 Å². The lowest BCUT2D eigenvalue weighted by Gasteiger charge is -2.32. The fourth-order valence-corrected chi connectivity index (χ4v) is 3.82. The minimum atomic E-state index is -0.343. The van der Waals surface area contributed by atoms with Gasteiger partial charge in [-0.2, -0.15) is 0 Å². The zero-order valence-corrected chi connectivity index (χ0v) is 16.1. The highest BCUT2D eigenvalue weighted by Crippen LogP contribution is 2.37. The molecule has 1 aromatic heterocycles. The van der Waals surface area contributed by atoms with Crippen LogP contribution in [0.4, 0.5) is 0 Å². The van der Waals surface area contributed by atoms with Gasteiger partial charge in [-0.1, -0.05) is 48.5 Å². The molecule has 0 amide bonds. The molecule has 5 rings (SSSR count). The maximum atomic E-state index is 6.21. The molecule has 1 saturated heterocycles. The molecule has 134 valence electrons. The summed E-state index contributed by atoms with van der Waals surface area (Å²) >= 11 is 0. The van der Waals surface area contributed by atoms with Gasteiger partial charge in [0.25, 0.3) is 0 Å². The van der Waals surface area contributed by atoms with E-state index in [0.717, 1.165) is 11.0 Å². The van der Waals surface area contributed by atoms with E-state index in [2.05, 4.69) is 81.2 Å². The molecule has 4 aromatic rings. The van der Waals surface area contributed by atoms with Crippen molar-refractivity contribution in [2.45, 2.75) is 38.9 Å². The van der Waals surface area contributed by atoms with E-state index in [1.165, 1.54) is 26.9 Å². The van der Waals surface area contributed by atoms with Gasteiger partial charge in [0.15, 0.2) is 0 Å². The minimum Gasteiger partial charge on any atom is -0.399 e. The summed E-state index contributed by atoms with van der Waals surface area (Å²) in [5.74, 6) is 0. The first-order valence-electron chi connectivity index (χ1n) is 9.41. The molecule has 0 aliphatic carbocycles. The van der Waals surface area contributed by atoms with Crippen LogP contribution in [-0.4, -0.2) is 23.3 Å². The van der Waals surface area contributed by atoms with E-state index in [9.17, 15) is 0 Å². The first kappa shape index (κ1) is 16.7. The molecule has 4 heteroatoms. The summed E-state index contributed by atoms with van der Waals surface area (Å²) in [7, 11) is -0.343. The highest BCUT2D eigenvalue weighted by Gasteiger charge is 2.51. The lowest BCUT2D eigenvalue weighted by molar-refractivity contribution is 0.00578. The number of rotatable bonds is 1. The Bertz CT molecular complexity index is 1180. The number of pyridine rings is 1. The SMILES string of the molecule is CC1(C)OB(c2ccc3c(ccc4c5ccccc5ncc34)c2)OC1(C)C. The standard InChI is InChI=1S/C23H22BNO2/c1-22(2)23(3,4)27-24(26-22)16-10-12-17-15(13-16)9-11-18-19-7-5-6-8-21(19)25-14-20(17)18/h5-14H,1-4H3. The molecule has 0 N–H and O–H groups in total. The molecule has 27 heavy (non-hydrogen) atoms. The predicted octanol–water partition coefficient (Wildman–Crippen LogP) is 4.84. The van der Waals surface area contributed by atoms with Gasteiger partial charge in [0.05, 0.1) is 16.7 Å². The van der Waals surface area contributed by atoms with E-state index >= 15 is 0 Å². The molecule has 0 unspecified atom stereocenters. The van der Waals surface area contributed by atoms with Crippen LogP contribution in [0.25, 0.3) is 32.4 Å². The smallest absolute Gasteiger partial charge is 0.399 e. The Morgan fingerprint density at radius 3 is 2.22 bits per heavy atom. The molecule has 0 radical (unpaired) electrons. The van der Waals surface area contributed by atoms with Crippen molar-refractivity contribution in [1.29, 1.82) is 0 Å². The normalized spacial score (nSPS) is 18.6. The van der Waals surface area contributed by atoms with Crippen LogP contribution in [-0.2, 0) is 9.31 Å². The number of nitrogens with zero attached hydrogens (tertiary/aromatic N) is 1. The molecule has 0 spiro atoms. The van der Waals surface area contributed by atoms with Gasteiger partial charge < -0.3 is 9.31 Å². The zero-order chi connectivity index (χ0) is 18.8. The molecule has 0 bridgehead atoms. The third-order valence-corrected chi connectivity index (χ3v) is 6.14. The van der Waals surface area contributed by atoms with E-state index in [0.29, 0.717) is 0 Å². The second-order valence-corrected chi connectivity index (χ2v) is 8.37. The van der Waals surface area contributed by atoms with Gasteiger partial charge in [-0.15, -0.1) is 0 Å². The van der Waals surface area contributed by atoms with Crippen LogP contribution in [0, 0.1) is 0 Å². The predicted molar refractivity (Wildman–Crippen MR) is 112 cm³/mol. The van der Waals surface area contributed by atoms with Crippen LogP contribution >= 0.6 is 0 Å². The number of hydrogen-bond donors (Lipinski definition) is 0. The molecule has 3 nitrogen and oxygen atoms in total. The monoisotopic (exact) mass is 355 g/mol. The first-order chi connectivity index (χ1) is 12.9. The quantitative estimate of drug-likeness (QED) is 0.362. The largest absolute Gasteiger partial charge is 0.494 e. The number of benzene rings is 3. The Morgan fingerprint density at radius 1 is 0.741 bits per heavy atom. The van der Waals surface area contributed by atoms with Gasteiger partial charge >= 0.3 is 7.12 Å². The Kier molecular flexibility index (Phi) is 3.43. The van der Waals surface area contributed by atoms with Crippen molar-refractivity contribution >= 4 is 45.0 Å². The van der Waals surface area contributed by atoms with E-state index < -0.39 is 0 Å². The van der Waals surface area contributed by atoms with Crippen molar-refractivity contribution in [1.82, 2.24) is 4.98 Å². The van der Waals surface area contributed by atoms with Crippen molar-refractivity contribution < 1.29 is 9.31 Å². The van der Waals surface area contributed by atoms with Gasteiger partial charge in [0.2, 0.25) is 0 Å². The number of hydrogen-bond acceptors (Lipinski definition) is 3. The Balaban J connectivity index is 1.65. The summed E-state index contributed by atoms with van der Waals surface area (Å²) in [6.45, 7) is 8.33. The van der Waals surface area contributed by atoms with Gasteiger partial charge in [0.1, 0.15) is 0 Å². The number of fused-ring (bicyclic) bond motifs is 5. The van der Waals surface area contributed by atoms with Crippen molar-refractivity contribution in [3.05, 3.63) is 60.8 Å². The lowest BCUT2D eigenvalue weighted by atomic mass is 9.78. The Hall–Kier alpha value is -2.43. The van der Waals surface area contributed by atoms with Gasteiger partial charge in [0, 0.05) is 17.0 Å². The second-order valence-electron chi connectivity index (χ2n) is 8.37. The van der Waals surface area contributed by atoms with Crippen LogP contribution < -0.4 is 5.46 Å². The van der Waals surface area contributed by atoms with Crippen LogP contribution in [0.2, 0.25) is 0 Å². The molecular weight excluding hydrogens is 333 g/mol. The zero-order valence-electron chi connectivity index (χ0n) is 16.1. The van der Waals surface area contributed by atoms with Gasteiger partial charge in [-0.3, -0.25) is 4.98 Å². The average Bonchev–Trinajstić information content (AvgIpc) is 2.88. The van der Waals surface area contributed by atoms with Crippen molar-refractivity contribution in [3.8, 4) is 0 Å². The third-order valence-electron chi connectivity index (χ3n) is 6.14. The Morgan fingerprint density at radius 2 is 1.44 bits per heavy atom. The molecule has 1 aliphatic rings. The highest BCUT2D eigenvalue weighted by molar-refractivity contribution is 6.62. The summed E-state index contributed by atoms with van der Waals surface area (Å²) in [5.41, 5.74) is 1.41. The number of para-hydroxylation sites is 1. The van der Waals surface area contributed by atoms with E-state index in [1.54, 1.807) is 0 Å². The third kappa shape index (κ3) is 2.48. The molecule has 3 aromatic carbocycles. The summed E-state index contributed by atoms with van der Waals surface area (Å²) in [4.78, 5) is 4.65. The van der Waals surface area contributed by atoms with Gasteiger partial charge in [-0.05, 0) is 55.4 Å². The molecule has 0 atom stereocenters. The van der Waals surface area contributed by atoms with Crippen LogP contribution in [0.15, 0.2) is 60.8 Å². The second kappa shape index (κ2) is 5.54. The molecule has 2 heterocycles. The van der Waals surface area contributed by atoms with Crippen molar-refractivity contribution in [2.75, 3.05) is 0 Å². The van der Waals surface area contributed by atoms with Gasteiger partial charge in [-0.25, -0.2) is 0 Å². The summed E-state index contributed by atoms with van der Waals surface area (Å²) in [5, 5.41) is 5.97. The fourth-order valence-electron chi connectivity index (χ4n) is 3.82. The minimum absolute atomic E-state index is 0.334. The molecule has 1 aliphatic heterocycles. The number of aromatic nitrogens is 1. The van der Waals surface area contributed by atoms with Crippen LogP contribution in [0.1, 0.15) is 27.7 Å². The van der Waals surface area contributed by atoms with E-state index in [4.69, 9.17) is 9.31 Å². The molecular formula is C23H22BNO2. The topological polar surface area (TPSA) is 31.4 Å². The maximum Gasteiger partial charge on any atom is 0.494 e. The summed E-state index contributed by atoms with van der Waals surface area (Å²) < 4.78 is 12.4. The molecule has 0 saturated carbocycles. The summed E-state index contributed by atoms with van der Waals surface area (Å²) in [6.07, 6.45) is 1.98. The summed E-state index contributed by atoms with van der Waals surface area (Å²) in [6, 6.07) is 19.1.